The van der Waals surface area contributed by atoms with Gasteiger partial charge in [-0.15, -0.1) is 0 Å². The maximum absolute atomic E-state index is 13.0. The Morgan fingerprint density at radius 2 is 1.72 bits per heavy atom. The number of hydrogen-bond donors (Lipinski definition) is 1. The third-order valence-corrected chi connectivity index (χ3v) is 6.39. The van der Waals surface area contributed by atoms with Gasteiger partial charge in [0.1, 0.15) is 11.4 Å². The summed E-state index contributed by atoms with van der Waals surface area (Å²) >= 11 is 0. The van der Waals surface area contributed by atoms with E-state index >= 15 is 0 Å². The van der Waals surface area contributed by atoms with Crippen LogP contribution in [0.3, 0.4) is 0 Å². The number of hydrogen-bond acceptors (Lipinski definition) is 4. The average molecular weight is 431 g/mol. The first-order valence-corrected chi connectivity index (χ1v) is 11.0. The van der Waals surface area contributed by atoms with Gasteiger partial charge in [-0.25, -0.2) is 0 Å². The molecule has 1 N–H and O–H groups in total. The first-order valence-electron chi connectivity index (χ1n) is 11.0. The molecule has 3 aromatic rings. The molecule has 1 saturated heterocycles. The van der Waals surface area contributed by atoms with Crippen LogP contribution in [0.2, 0.25) is 0 Å². The lowest BCUT2D eigenvalue weighted by Gasteiger charge is -2.34. The first-order chi connectivity index (χ1) is 15.6. The number of carbonyl (C=O) groups is 2. The molecule has 2 aromatic carbocycles. The smallest absolute Gasteiger partial charge is 0.272 e. The highest BCUT2D eigenvalue weighted by molar-refractivity contribution is 5.93. The standard InChI is InChI=1S/C25H26N4O3/c1-32-19-9-5-8-18(14-19)22-16-23(27-26-22)25(31)29-12-10-28(11-13-29)24(30)21-15-20(21)17-6-3-2-4-7-17/h2-9,14,16,20-21H,10-13,15H2,1H3,(H,26,27). The van der Waals surface area contributed by atoms with Crippen molar-refractivity contribution < 1.29 is 14.3 Å². The van der Waals surface area contributed by atoms with E-state index in [-0.39, 0.29) is 17.7 Å². The number of aromatic nitrogens is 2. The zero-order chi connectivity index (χ0) is 22.1. The second-order valence-corrected chi connectivity index (χ2v) is 8.38. The molecule has 1 aromatic heterocycles. The van der Waals surface area contributed by atoms with Gasteiger partial charge in [-0.05, 0) is 36.1 Å². The van der Waals surface area contributed by atoms with Gasteiger partial charge in [-0.2, -0.15) is 5.10 Å². The normalized spacial score (nSPS) is 20.2. The van der Waals surface area contributed by atoms with Crippen LogP contribution in [-0.2, 0) is 4.79 Å². The van der Waals surface area contributed by atoms with Gasteiger partial charge in [0.15, 0.2) is 0 Å². The molecular weight excluding hydrogens is 404 g/mol. The summed E-state index contributed by atoms with van der Waals surface area (Å²) in [5, 5.41) is 7.16. The van der Waals surface area contributed by atoms with E-state index in [2.05, 4.69) is 22.3 Å². The summed E-state index contributed by atoms with van der Waals surface area (Å²) in [7, 11) is 1.62. The second kappa shape index (κ2) is 8.49. The van der Waals surface area contributed by atoms with Gasteiger partial charge in [0.25, 0.3) is 5.91 Å². The van der Waals surface area contributed by atoms with E-state index < -0.39 is 0 Å². The molecule has 2 aliphatic rings. The van der Waals surface area contributed by atoms with Gasteiger partial charge in [0.2, 0.25) is 5.91 Å². The summed E-state index contributed by atoms with van der Waals surface area (Å²) in [6.45, 7) is 2.19. The molecule has 2 unspecified atom stereocenters. The number of methoxy groups -OCH3 is 1. The van der Waals surface area contributed by atoms with E-state index in [1.165, 1.54) is 5.56 Å². The summed E-state index contributed by atoms with van der Waals surface area (Å²) in [6, 6.07) is 19.6. The molecule has 2 heterocycles. The Hall–Kier alpha value is -3.61. The maximum atomic E-state index is 13.0. The molecule has 164 valence electrons. The van der Waals surface area contributed by atoms with Crippen molar-refractivity contribution >= 4 is 11.8 Å². The molecule has 2 fully saturated rings. The molecule has 1 aliphatic heterocycles. The number of nitrogens with one attached hydrogen (secondary N) is 1. The predicted molar refractivity (Wildman–Crippen MR) is 120 cm³/mol. The first kappa shape index (κ1) is 20.3. The van der Waals surface area contributed by atoms with Crippen molar-refractivity contribution in [1.29, 1.82) is 0 Å². The van der Waals surface area contributed by atoms with E-state index in [1.807, 2.05) is 47.4 Å². The molecule has 0 spiro atoms. The molecular formula is C25H26N4O3. The van der Waals surface area contributed by atoms with Crippen LogP contribution >= 0.6 is 0 Å². The Kier molecular flexibility index (Phi) is 5.39. The van der Waals surface area contributed by atoms with Crippen LogP contribution in [0, 0.1) is 5.92 Å². The molecule has 32 heavy (non-hydrogen) atoms. The van der Waals surface area contributed by atoms with E-state index in [0.717, 1.165) is 17.7 Å². The summed E-state index contributed by atoms with van der Waals surface area (Å²) in [5.41, 5.74) is 3.27. The van der Waals surface area contributed by atoms with Crippen LogP contribution in [0.5, 0.6) is 5.75 Å². The molecule has 7 nitrogen and oxygen atoms in total. The summed E-state index contributed by atoms with van der Waals surface area (Å²) < 4.78 is 5.26. The SMILES string of the molecule is COc1cccc(-c2cc(C(=O)N3CCN(C(=O)C4CC4c4ccccc4)CC3)[nH]n2)c1. The van der Waals surface area contributed by atoms with Crippen molar-refractivity contribution in [3.05, 3.63) is 71.9 Å². The minimum absolute atomic E-state index is 0.0812. The van der Waals surface area contributed by atoms with E-state index in [4.69, 9.17) is 4.74 Å². The van der Waals surface area contributed by atoms with Gasteiger partial charge < -0.3 is 14.5 Å². The van der Waals surface area contributed by atoms with Crippen molar-refractivity contribution in [2.24, 2.45) is 5.92 Å². The number of nitrogens with zero attached hydrogens (tertiary/aromatic N) is 3. The molecule has 0 radical (unpaired) electrons. The number of H-pyrrole nitrogens is 1. The third kappa shape index (κ3) is 3.98. The zero-order valence-electron chi connectivity index (χ0n) is 18.0. The van der Waals surface area contributed by atoms with Crippen molar-refractivity contribution in [2.75, 3.05) is 33.3 Å². The Balaban J connectivity index is 1.17. The third-order valence-electron chi connectivity index (χ3n) is 6.39. The fourth-order valence-electron chi connectivity index (χ4n) is 4.43. The average Bonchev–Trinajstić information content (AvgIpc) is 3.51. The Morgan fingerprint density at radius 3 is 2.47 bits per heavy atom. The van der Waals surface area contributed by atoms with Crippen LogP contribution in [0.25, 0.3) is 11.3 Å². The quantitative estimate of drug-likeness (QED) is 0.674. The number of rotatable bonds is 5. The molecule has 7 heteroatoms. The maximum Gasteiger partial charge on any atom is 0.272 e. The van der Waals surface area contributed by atoms with Crippen molar-refractivity contribution in [1.82, 2.24) is 20.0 Å². The highest BCUT2D eigenvalue weighted by Crippen LogP contribution is 2.48. The number of ether oxygens (including phenoxy) is 1. The summed E-state index contributed by atoms with van der Waals surface area (Å²) in [6.07, 6.45) is 0.920. The highest BCUT2D eigenvalue weighted by Gasteiger charge is 2.46. The Morgan fingerprint density at radius 1 is 0.969 bits per heavy atom. The van der Waals surface area contributed by atoms with Gasteiger partial charge in [-0.1, -0.05) is 42.5 Å². The number of carbonyl (C=O) groups excluding carboxylic acids is 2. The van der Waals surface area contributed by atoms with Crippen molar-refractivity contribution in [2.45, 2.75) is 12.3 Å². The molecule has 5 rings (SSSR count). The second-order valence-electron chi connectivity index (χ2n) is 8.38. The van der Waals surface area contributed by atoms with E-state index in [1.54, 1.807) is 18.1 Å². The lowest BCUT2D eigenvalue weighted by Crippen LogP contribution is -2.51. The summed E-state index contributed by atoms with van der Waals surface area (Å²) in [5.74, 6) is 1.28. The van der Waals surface area contributed by atoms with Crippen LogP contribution in [0.1, 0.15) is 28.4 Å². The molecule has 2 amide bonds. The Bertz CT molecular complexity index is 1120. The van der Waals surface area contributed by atoms with Crippen molar-refractivity contribution in [3.8, 4) is 17.0 Å². The zero-order valence-corrected chi connectivity index (χ0v) is 18.0. The van der Waals surface area contributed by atoms with E-state index in [9.17, 15) is 9.59 Å². The molecule has 2 atom stereocenters. The lowest BCUT2D eigenvalue weighted by atomic mass is 10.1. The van der Waals surface area contributed by atoms with Gasteiger partial charge in [0.05, 0.1) is 12.8 Å². The van der Waals surface area contributed by atoms with Crippen LogP contribution in [0.15, 0.2) is 60.7 Å². The van der Waals surface area contributed by atoms with Gasteiger partial charge in [-0.3, -0.25) is 14.7 Å². The fourth-order valence-corrected chi connectivity index (χ4v) is 4.43. The predicted octanol–water partition coefficient (Wildman–Crippen LogP) is 3.17. The molecule has 1 saturated carbocycles. The number of aromatic amines is 1. The van der Waals surface area contributed by atoms with Crippen molar-refractivity contribution in [3.63, 3.8) is 0 Å². The van der Waals surface area contributed by atoms with Gasteiger partial charge in [0, 0.05) is 37.7 Å². The minimum Gasteiger partial charge on any atom is -0.497 e. The van der Waals surface area contributed by atoms with Gasteiger partial charge >= 0.3 is 0 Å². The minimum atomic E-state index is -0.0904. The van der Waals surface area contributed by atoms with E-state index in [0.29, 0.717) is 43.5 Å². The number of benzene rings is 2. The van der Waals surface area contributed by atoms with Crippen LogP contribution in [0.4, 0.5) is 0 Å². The summed E-state index contributed by atoms with van der Waals surface area (Å²) in [4.78, 5) is 29.5. The lowest BCUT2D eigenvalue weighted by molar-refractivity contribution is -0.134. The molecule has 1 aliphatic carbocycles. The monoisotopic (exact) mass is 430 g/mol. The topological polar surface area (TPSA) is 78.5 Å². The molecule has 0 bridgehead atoms. The van der Waals surface area contributed by atoms with Crippen LogP contribution < -0.4 is 4.74 Å². The number of piperazine rings is 1. The largest absolute Gasteiger partial charge is 0.497 e. The highest BCUT2D eigenvalue weighted by atomic mass is 16.5. The number of amides is 2. The van der Waals surface area contributed by atoms with Crippen LogP contribution in [-0.4, -0.2) is 65.1 Å². The fraction of sp³-hybridized carbons (Fsp3) is 0.320. The Labute approximate surface area is 187 Å².